The number of carboxylic acids is 1. The van der Waals surface area contributed by atoms with Gasteiger partial charge in [-0.25, -0.2) is 4.79 Å². The molecule has 0 radical (unpaired) electrons. The number of carbonyl (C=O) groups is 1. The number of rotatable bonds is 2. The van der Waals surface area contributed by atoms with Gasteiger partial charge in [-0.1, -0.05) is 18.2 Å². The van der Waals surface area contributed by atoms with Gasteiger partial charge in [0.1, 0.15) is 0 Å². The summed E-state index contributed by atoms with van der Waals surface area (Å²) in [5.74, 6) is -0.949. The predicted octanol–water partition coefficient (Wildman–Crippen LogP) is 2.81. The van der Waals surface area contributed by atoms with Gasteiger partial charge in [0.25, 0.3) is 0 Å². The van der Waals surface area contributed by atoms with Gasteiger partial charge in [0, 0.05) is 17.8 Å². The first-order valence-electron chi connectivity index (χ1n) is 6.48. The third-order valence-corrected chi connectivity index (χ3v) is 3.84. The summed E-state index contributed by atoms with van der Waals surface area (Å²) in [5, 5.41) is 13.6. The second kappa shape index (κ2) is 4.23. The lowest BCUT2D eigenvalue weighted by Crippen LogP contribution is -2.02. The minimum atomic E-state index is -0.949. The Hall–Kier alpha value is -2.10. The molecule has 1 aromatic heterocycles. The highest BCUT2D eigenvalue weighted by atomic mass is 16.4. The fourth-order valence-electron chi connectivity index (χ4n) is 2.68. The lowest BCUT2D eigenvalue weighted by Gasteiger charge is -2.06. The van der Waals surface area contributed by atoms with Crippen molar-refractivity contribution in [3.63, 3.8) is 0 Å². The normalized spacial score (nSPS) is 13.6. The topological polar surface area (TPSA) is 55.1 Å². The molecule has 0 saturated heterocycles. The number of benzene rings is 1. The second-order valence-corrected chi connectivity index (χ2v) is 5.10. The van der Waals surface area contributed by atoms with Gasteiger partial charge in [0.05, 0.1) is 0 Å². The Morgan fingerprint density at radius 1 is 1.32 bits per heavy atom. The number of hydrogen-bond acceptors (Lipinski definition) is 2. The third kappa shape index (κ3) is 1.84. The standard InChI is InChI=1S/C15H16N2O2/c1-9-5-6-11(8-10(9)2)13-12-4-3-7-17(12)16-14(13)15(18)19/h5-6,8H,3-4,7H2,1-2H3,(H,18,19). The quantitative estimate of drug-likeness (QED) is 0.898. The Labute approximate surface area is 111 Å². The lowest BCUT2D eigenvalue weighted by molar-refractivity contribution is 0.0690. The van der Waals surface area contributed by atoms with Crippen LogP contribution in [0.3, 0.4) is 0 Å². The van der Waals surface area contributed by atoms with Crippen LogP contribution < -0.4 is 0 Å². The van der Waals surface area contributed by atoms with Crippen LogP contribution in [-0.2, 0) is 13.0 Å². The van der Waals surface area contributed by atoms with Gasteiger partial charge in [-0.05, 0) is 43.4 Å². The maximum atomic E-state index is 11.4. The van der Waals surface area contributed by atoms with E-state index < -0.39 is 5.97 Å². The van der Waals surface area contributed by atoms with Crippen molar-refractivity contribution >= 4 is 5.97 Å². The SMILES string of the molecule is Cc1ccc(-c2c(C(=O)O)nn3c2CCC3)cc1C. The largest absolute Gasteiger partial charge is 0.476 e. The number of hydrogen-bond donors (Lipinski definition) is 1. The molecule has 2 heterocycles. The van der Waals surface area contributed by atoms with Crippen LogP contribution in [0.2, 0.25) is 0 Å². The highest BCUT2D eigenvalue weighted by Crippen LogP contribution is 2.32. The maximum Gasteiger partial charge on any atom is 0.357 e. The van der Waals surface area contributed by atoms with Crippen molar-refractivity contribution in [2.24, 2.45) is 0 Å². The Morgan fingerprint density at radius 2 is 2.11 bits per heavy atom. The van der Waals surface area contributed by atoms with Crippen LogP contribution in [-0.4, -0.2) is 20.9 Å². The number of nitrogens with zero attached hydrogens (tertiary/aromatic N) is 2. The molecule has 3 rings (SSSR count). The van der Waals surface area contributed by atoms with Gasteiger partial charge in [0.15, 0.2) is 5.69 Å². The van der Waals surface area contributed by atoms with E-state index in [2.05, 4.69) is 18.1 Å². The number of carboxylic acid groups (broad SMARTS) is 1. The summed E-state index contributed by atoms with van der Waals surface area (Å²) < 4.78 is 1.84. The van der Waals surface area contributed by atoms with Crippen molar-refractivity contribution in [1.82, 2.24) is 9.78 Å². The van der Waals surface area contributed by atoms with Crippen LogP contribution in [0, 0.1) is 13.8 Å². The summed E-state index contributed by atoms with van der Waals surface area (Å²) in [4.78, 5) is 11.4. The van der Waals surface area contributed by atoms with Crippen molar-refractivity contribution in [3.05, 3.63) is 40.7 Å². The average molecular weight is 256 g/mol. The number of aryl methyl sites for hydroxylation is 3. The molecule has 0 aliphatic carbocycles. The molecule has 19 heavy (non-hydrogen) atoms. The zero-order valence-corrected chi connectivity index (χ0v) is 11.1. The van der Waals surface area contributed by atoms with Gasteiger partial charge in [-0.3, -0.25) is 4.68 Å². The zero-order valence-electron chi connectivity index (χ0n) is 11.1. The van der Waals surface area contributed by atoms with E-state index in [9.17, 15) is 9.90 Å². The van der Waals surface area contributed by atoms with E-state index in [0.29, 0.717) is 0 Å². The van der Waals surface area contributed by atoms with Crippen molar-refractivity contribution in [2.75, 3.05) is 0 Å². The smallest absolute Gasteiger partial charge is 0.357 e. The Balaban J connectivity index is 2.23. The van der Waals surface area contributed by atoms with E-state index in [0.717, 1.165) is 36.2 Å². The second-order valence-electron chi connectivity index (χ2n) is 5.10. The molecule has 98 valence electrons. The minimum absolute atomic E-state index is 0.179. The Kier molecular flexibility index (Phi) is 2.66. The first-order chi connectivity index (χ1) is 9.08. The molecule has 4 heteroatoms. The van der Waals surface area contributed by atoms with Crippen molar-refractivity contribution in [2.45, 2.75) is 33.2 Å². The Morgan fingerprint density at radius 3 is 2.79 bits per heavy atom. The van der Waals surface area contributed by atoms with Crippen molar-refractivity contribution in [3.8, 4) is 11.1 Å². The van der Waals surface area contributed by atoms with Crippen LogP contribution in [0.15, 0.2) is 18.2 Å². The fourth-order valence-corrected chi connectivity index (χ4v) is 2.68. The van der Waals surface area contributed by atoms with Crippen LogP contribution in [0.5, 0.6) is 0 Å². The molecule has 1 aliphatic heterocycles. The van der Waals surface area contributed by atoms with E-state index in [1.165, 1.54) is 11.1 Å². The molecule has 2 aromatic rings. The van der Waals surface area contributed by atoms with Crippen LogP contribution >= 0.6 is 0 Å². The van der Waals surface area contributed by atoms with E-state index in [4.69, 9.17) is 0 Å². The molecule has 1 aromatic carbocycles. The summed E-state index contributed by atoms with van der Waals surface area (Å²) in [7, 11) is 0. The molecular formula is C15H16N2O2. The summed E-state index contributed by atoms with van der Waals surface area (Å²) >= 11 is 0. The van der Waals surface area contributed by atoms with E-state index in [1.807, 2.05) is 23.7 Å². The van der Waals surface area contributed by atoms with Gasteiger partial charge in [0.2, 0.25) is 0 Å². The van der Waals surface area contributed by atoms with Gasteiger partial charge < -0.3 is 5.11 Å². The molecule has 0 atom stereocenters. The molecule has 4 nitrogen and oxygen atoms in total. The first-order valence-corrected chi connectivity index (χ1v) is 6.48. The summed E-state index contributed by atoms with van der Waals surface area (Å²) in [6.45, 7) is 4.92. The van der Waals surface area contributed by atoms with Gasteiger partial charge in [-0.15, -0.1) is 0 Å². The summed E-state index contributed by atoms with van der Waals surface area (Å²) in [6, 6.07) is 6.08. The molecule has 1 aliphatic rings. The first kappa shape index (κ1) is 12.0. The van der Waals surface area contributed by atoms with Crippen LogP contribution in [0.25, 0.3) is 11.1 Å². The molecular weight excluding hydrogens is 240 g/mol. The van der Waals surface area contributed by atoms with Gasteiger partial charge in [-0.2, -0.15) is 5.10 Å². The number of aromatic nitrogens is 2. The molecule has 0 spiro atoms. The fraction of sp³-hybridized carbons (Fsp3) is 0.333. The van der Waals surface area contributed by atoms with E-state index in [1.54, 1.807) is 0 Å². The molecule has 0 saturated carbocycles. The lowest BCUT2D eigenvalue weighted by atomic mass is 9.98. The van der Waals surface area contributed by atoms with E-state index in [-0.39, 0.29) is 5.69 Å². The van der Waals surface area contributed by atoms with Crippen molar-refractivity contribution < 1.29 is 9.90 Å². The minimum Gasteiger partial charge on any atom is -0.476 e. The van der Waals surface area contributed by atoms with E-state index >= 15 is 0 Å². The molecule has 0 amide bonds. The zero-order chi connectivity index (χ0) is 13.6. The number of aromatic carboxylic acids is 1. The monoisotopic (exact) mass is 256 g/mol. The average Bonchev–Trinajstić information content (AvgIpc) is 2.92. The molecule has 0 fully saturated rings. The molecule has 0 bridgehead atoms. The Bertz CT molecular complexity index is 671. The molecule has 0 unspecified atom stereocenters. The third-order valence-electron chi connectivity index (χ3n) is 3.84. The summed E-state index contributed by atoms with van der Waals surface area (Å²) in [6.07, 6.45) is 1.95. The molecule has 1 N–H and O–H groups in total. The summed E-state index contributed by atoms with van der Waals surface area (Å²) in [5.41, 5.74) is 5.38. The number of fused-ring (bicyclic) bond motifs is 1. The highest BCUT2D eigenvalue weighted by Gasteiger charge is 2.26. The van der Waals surface area contributed by atoms with Crippen LogP contribution in [0.4, 0.5) is 0 Å². The van der Waals surface area contributed by atoms with Crippen LogP contribution in [0.1, 0.15) is 33.7 Å². The maximum absolute atomic E-state index is 11.4. The van der Waals surface area contributed by atoms with Crippen molar-refractivity contribution in [1.29, 1.82) is 0 Å². The van der Waals surface area contributed by atoms with Gasteiger partial charge >= 0.3 is 5.97 Å². The highest BCUT2D eigenvalue weighted by molar-refractivity contribution is 5.95. The predicted molar refractivity (Wildman–Crippen MR) is 72.4 cm³/mol.